The molecule has 1 amide bonds. The van der Waals surface area contributed by atoms with E-state index in [2.05, 4.69) is 18.5 Å². The lowest BCUT2D eigenvalue weighted by molar-refractivity contribution is -0.108. The lowest BCUT2D eigenvalue weighted by atomic mass is 9.89. The van der Waals surface area contributed by atoms with E-state index >= 15 is 0 Å². The molecule has 0 radical (unpaired) electrons. The van der Waals surface area contributed by atoms with Gasteiger partial charge in [0.1, 0.15) is 22.7 Å². The molecule has 1 atom stereocenters. The summed E-state index contributed by atoms with van der Waals surface area (Å²) < 4.78 is 12.2. The largest absolute Gasteiger partial charge is 0.489 e. The molecule has 1 heterocycles. The molecule has 1 saturated carbocycles. The van der Waals surface area contributed by atoms with Gasteiger partial charge < -0.3 is 19.2 Å². The van der Waals surface area contributed by atoms with Crippen LogP contribution in [0, 0.1) is 5.92 Å². The predicted molar refractivity (Wildman–Crippen MR) is 139 cm³/mol. The van der Waals surface area contributed by atoms with Gasteiger partial charge in [0.05, 0.1) is 11.7 Å². The summed E-state index contributed by atoms with van der Waals surface area (Å²) >= 11 is 1.73. The summed E-state index contributed by atoms with van der Waals surface area (Å²) in [6.07, 6.45) is 7.61. The van der Waals surface area contributed by atoms with Crippen LogP contribution in [0.25, 0.3) is 0 Å². The Morgan fingerprint density at radius 2 is 1.91 bits per heavy atom. The highest BCUT2D eigenvalue weighted by molar-refractivity contribution is 8.18. The molecule has 0 saturated heterocycles. The molecule has 0 aromatic rings. The summed E-state index contributed by atoms with van der Waals surface area (Å²) in [4.78, 5) is 31.5. The van der Waals surface area contributed by atoms with Crippen LogP contribution in [0.15, 0.2) is 39.0 Å². The number of thioether (sulfide) groups is 1. The van der Waals surface area contributed by atoms with E-state index in [4.69, 9.17) is 9.47 Å². The smallest absolute Gasteiger partial charge is 0.410 e. The molecule has 2 aliphatic carbocycles. The Labute approximate surface area is 208 Å². The zero-order valence-electron chi connectivity index (χ0n) is 21.6. The van der Waals surface area contributed by atoms with Crippen LogP contribution in [-0.4, -0.2) is 54.2 Å². The second-order valence-electron chi connectivity index (χ2n) is 10.4. The van der Waals surface area contributed by atoms with Crippen molar-refractivity contribution in [3.63, 3.8) is 0 Å². The van der Waals surface area contributed by atoms with Crippen molar-refractivity contribution < 1.29 is 19.1 Å². The first kappa shape index (κ1) is 26.6. The van der Waals surface area contributed by atoms with Crippen LogP contribution >= 0.6 is 11.8 Å². The van der Waals surface area contributed by atoms with Crippen molar-refractivity contribution in [2.75, 3.05) is 14.1 Å². The first-order valence-electron chi connectivity index (χ1n) is 12.5. The number of allylic oxidation sites excluding steroid dienone is 3. The van der Waals surface area contributed by atoms with Crippen molar-refractivity contribution in [1.82, 2.24) is 4.90 Å². The number of carbonyl (C=O) groups excluding carboxylic acids is 2. The molecule has 188 valence electrons. The van der Waals surface area contributed by atoms with E-state index in [1.54, 1.807) is 16.7 Å². The van der Waals surface area contributed by atoms with Crippen molar-refractivity contribution in [1.29, 1.82) is 0 Å². The molecular weight excluding hydrogens is 448 g/mol. The van der Waals surface area contributed by atoms with Crippen LogP contribution in [0.2, 0.25) is 0 Å². The molecule has 0 N–H and O–H groups in total. The van der Waals surface area contributed by atoms with E-state index in [0.717, 1.165) is 73.2 Å². The van der Waals surface area contributed by atoms with Crippen LogP contribution in [0.3, 0.4) is 0 Å². The van der Waals surface area contributed by atoms with Gasteiger partial charge in [0.15, 0.2) is 0 Å². The first-order chi connectivity index (χ1) is 16.1. The molecule has 34 heavy (non-hydrogen) atoms. The van der Waals surface area contributed by atoms with E-state index in [1.807, 2.05) is 34.9 Å². The lowest BCUT2D eigenvalue weighted by Gasteiger charge is -2.36. The number of amides is 1. The molecule has 1 fully saturated rings. The van der Waals surface area contributed by atoms with Gasteiger partial charge in [0.2, 0.25) is 0 Å². The number of aldehydes is 1. The maximum atomic E-state index is 12.5. The number of ether oxygens (including phenoxy) is 2. The second-order valence-corrected chi connectivity index (χ2v) is 11.5. The fourth-order valence-corrected chi connectivity index (χ4v) is 6.18. The van der Waals surface area contributed by atoms with E-state index in [0.29, 0.717) is 6.42 Å². The summed E-state index contributed by atoms with van der Waals surface area (Å²) in [5, 5.41) is 0.976. The highest BCUT2D eigenvalue weighted by atomic mass is 32.2. The Morgan fingerprint density at radius 3 is 2.47 bits per heavy atom. The fourth-order valence-electron chi connectivity index (χ4n) is 4.95. The number of hydrogen-bond acceptors (Lipinski definition) is 6. The van der Waals surface area contributed by atoms with Gasteiger partial charge in [0.25, 0.3) is 0 Å². The standard InChI is InChI=1S/C27H40N2O4S/c1-8-17(2)24(23-22-18(15-16-30)9-14-21(22)34-25(23)28-6)32-20-12-10-19(11-13-20)29(7)26(31)33-27(3,4)5/h16,18-20H,2,8-15H2,1,3-7H3. The predicted octanol–water partition coefficient (Wildman–Crippen LogP) is 6.43. The Morgan fingerprint density at radius 1 is 1.24 bits per heavy atom. The number of carbonyl (C=O) groups is 2. The zero-order valence-corrected chi connectivity index (χ0v) is 22.4. The van der Waals surface area contributed by atoms with Gasteiger partial charge >= 0.3 is 6.09 Å². The van der Waals surface area contributed by atoms with Crippen LogP contribution in [0.1, 0.15) is 79.1 Å². The maximum Gasteiger partial charge on any atom is 0.410 e. The molecule has 0 aromatic heterocycles. The number of nitrogens with zero attached hydrogens (tertiary/aromatic N) is 2. The molecule has 1 aliphatic heterocycles. The number of aliphatic imine (C=N–C) groups is 1. The Balaban J connectivity index is 1.77. The third-order valence-electron chi connectivity index (χ3n) is 6.85. The maximum absolute atomic E-state index is 12.5. The Bertz CT molecular complexity index is 904. The minimum Gasteiger partial charge on any atom is -0.489 e. The topological polar surface area (TPSA) is 68.2 Å². The highest BCUT2D eigenvalue weighted by Crippen LogP contribution is 2.52. The normalized spacial score (nSPS) is 27.5. The number of rotatable bonds is 7. The molecule has 1 unspecified atom stereocenters. The van der Waals surface area contributed by atoms with Crippen LogP contribution in [0.5, 0.6) is 0 Å². The van der Waals surface area contributed by atoms with Crippen LogP contribution in [-0.2, 0) is 14.3 Å². The molecule has 6 nitrogen and oxygen atoms in total. The minimum atomic E-state index is -0.499. The number of hydrogen-bond donors (Lipinski definition) is 0. The van der Waals surface area contributed by atoms with Crippen molar-refractivity contribution in [2.24, 2.45) is 10.9 Å². The van der Waals surface area contributed by atoms with Gasteiger partial charge in [-0.15, -0.1) is 0 Å². The summed E-state index contributed by atoms with van der Waals surface area (Å²) in [7, 11) is 3.65. The van der Waals surface area contributed by atoms with Gasteiger partial charge in [-0.05, 0) is 87.7 Å². The molecule has 3 aliphatic rings. The summed E-state index contributed by atoms with van der Waals surface area (Å²) in [6, 6.07) is 0.149. The van der Waals surface area contributed by atoms with Gasteiger partial charge in [-0.25, -0.2) is 4.79 Å². The van der Waals surface area contributed by atoms with Crippen molar-refractivity contribution in [2.45, 2.75) is 96.8 Å². The molecule has 3 rings (SSSR count). The summed E-state index contributed by atoms with van der Waals surface area (Å²) in [5.41, 5.74) is 2.78. The van der Waals surface area contributed by atoms with Gasteiger partial charge in [-0.2, -0.15) is 0 Å². The molecule has 0 aromatic carbocycles. The quantitative estimate of drug-likeness (QED) is 0.305. The van der Waals surface area contributed by atoms with E-state index in [1.165, 1.54) is 10.5 Å². The first-order valence-corrected chi connectivity index (χ1v) is 13.3. The minimum absolute atomic E-state index is 0.0627. The average molecular weight is 489 g/mol. The Hall–Kier alpha value is -2.02. The van der Waals surface area contributed by atoms with Crippen molar-refractivity contribution in [3.8, 4) is 0 Å². The summed E-state index contributed by atoms with van der Waals surface area (Å²) in [6.45, 7) is 12.1. The fraction of sp³-hybridized carbons (Fsp3) is 0.667. The van der Waals surface area contributed by atoms with Crippen molar-refractivity contribution >= 4 is 29.2 Å². The van der Waals surface area contributed by atoms with Gasteiger partial charge in [-0.3, -0.25) is 4.99 Å². The third kappa shape index (κ3) is 5.96. The molecular formula is C27H40N2O4S. The second kappa shape index (κ2) is 11.1. The third-order valence-corrected chi connectivity index (χ3v) is 8.10. The molecule has 0 spiro atoms. The van der Waals surface area contributed by atoms with Gasteiger partial charge in [-0.1, -0.05) is 25.3 Å². The van der Waals surface area contributed by atoms with Gasteiger partial charge in [0, 0.05) is 26.6 Å². The highest BCUT2D eigenvalue weighted by Gasteiger charge is 2.39. The molecule has 0 bridgehead atoms. The van der Waals surface area contributed by atoms with Crippen LogP contribution in [0.4, 0.5) is 4.79 Å². The summed E-state index contributed by atoms with van der Waals surface area (Å²) in [5.74, 6) is 1.08. The van der Waals surface area contributed by atoms with E-state index in [-0.39, 0.29) is 24.2 Å². The van der Waals surface area contributed by atoms with E-state index in [9.17, 15) is 9.59 Å². The zero-order chi connectivity index (χ0) is 25.0. The monoisotopic (exact) mass is 488 g/mol. The average Bonchev–Trinajstić information content (AvgIpc) is 3.35. The Kier molecular flexibility index (Phi) is 8.72. The SMILES string of the molecule is C=C(CC)C(OC1CCC(N(C)C(=O)OC(C)(C)C)CC1)=C1C(=NC)SC2=C1C(CC=O)CC2. The molecule has 7 heteroatoms. The van der Waals surface area contributed by atoms with E-state index < -0.39 is 5.60 Å². The van der Waals surface area contributed by atoms with Crippen molar-refractivity contribution in [3.05, 3.63) is 34.0 Å². The van der Waals surface area contributed by atoms with Crippen LogP contribution < -0.4 is 0 Å². The lowest BCUT2D eigenvalue weighted by Crippen LogP contribution is -2.43.